The van der Waals surface area contributed by atoms with E-state index in [1.165, 1.54) is 18.2 Å². The molecule has 3 rings (SSSR count). The number of carboxylic acid groups (broad SMARTS) is 1. The van der Waals surface area contributed by atoms with Gasteiger partial charge in [-0.2, -0.15) is 0 Å². The predicted octanol–water partition coefficient (Wildman–Crippen LogP) is 4.07. The molecule has 1 aliphatic heterocycles. The summed E-state index contributed by atoms with van der Waals surface area (Å²) in [6, 6.07) is 10.5. The van der Waals surface area contributed by atoms with E-state index in [1.54, 1.807) is 24.3 Å². The maximum atomic E-state index is 13.1. The highest BCUT2D eigenvalue weighted by atomic mass is 19.4. The Labute approximate surface area is 182 Å². The summed E-state index contributed by atoms with van der Waals surface area (Å²) in [5.74, 6) is -1.76. The van der Waals surface area contributed by atoms with Gasteiger partial charge in [0.05, 0.1) is 10.7 Å². The Morgan fingerprint density at radius 3 is 2.38 bits per heavy atom. The summed E-state index contributed by atoms with van der Waals surface area (Å²) in [7, 11) is 0. The molecule has 2 aromatic carbocycles. The standard InChI is InChI=1S/C23H23F3N2O4/c1-21(2,3)22(11-5-8-19(29)30)20(31)27-18-13-15(9-10-17(18)28-22)14-6-4-7-16(12-14)32-23(24,25)26/h4,6-7,9-10,12-13H,5,8,11H2,1-3H3,(H,29,30). The topological polar surface area (TPSA) is 88.3 Å². The number of hydrogen-bond donors (Lipinski definition) is 1. The number of carbonyl (C=O) groups is 2. The lowest BCUT2D eigenvalue weighted by Crippen LogP contribution is -2.53. The Balaban J connectivity index is 2.02. The Bertz CT molecular complexity index is 1170. The first-order chi connectivity index (χ1) is 14.8. The fraction of sp³-hybridized carbons (Fsp3) is 0.391. The van der Waals surface area contributed by atoms with Crippen LogP contribution in [0.25, 0.3) is 11.1 Å². The third kappa shape index (κ3) is 4.98. The molecule has 2 aromatic rings. The Morgan fingerprint density at radius 1 is 1.06 bits per heavy atom. The molecule has 0 aromatic heterocycles. The molecule has 0 radical (unpaired) electrons. The first kappa shape index (κ1) is 23.4. The molecule has 1 N–H and O–H groups in total. The zero-order valence-corrected chi connectivity index (χ0v) is 17.9. The molecule has 0 saturated heterocycles. The van der Waals surface area contributed by atoms with Crippen molar-refractivity contribution in [2.75, 3.05) is 0 Å². The van der Waals surface area contributed by atoms with Gasteiger partial charge in [-0.05, 0) is 53.6 Å². The fourth-order valence-corrected chi connectivity index (χ4v) is 3.74. The highest BCUT2D eigenvalue weighted by Gasteiger charge is 2.49. The van der Waals surface area contributed by atoms with E-state index in [4.69, 9.17) is 10.1 Å². The van der Waals surface area contributed by atoms with Crippen LogP contribution in [0.15, 0.2) is 52.4 Å². The van der Waals surface area contributed by atoms with Crippen molar-refractivity contribution in [2.45, 2.75) is 51.9 Å². The largest absolute Gasteiger partial charge is 0.573 e. The van der Waals surface area contributed by atoms with E-state index in [9.17, 15) is 22.8 Å². The van der Waals surface area contributed by atoms with Gasteiger partial charge in [0.1, 0.15) is 11.3 Å². The van der Waals surface area contributed by atoms with E-state index in [-0.39, 0.29) is 25.0 Å². The summed E-state index contributed by atoms with van der Waals surface area (Å²) in [5.41, 5.74) is -0.785. The highest BCUT2D eigenvalue weighted by molar-refractivity contribution is 5.89. The predicted molar refractivity (Wildman–Crippen MR) is 110 cm³/mol. The molecule has 9 heteroatoms. The van der Waals surface area contributed by atoms with Crippen molar-refractivity contribution in [2.24, 2.45) is 15.4 Å². The summed E-state index contributed by atoms with van der Waals surface area (Å²) in [6.45, 7) is 5.57. The minimum Gasteiger partial charge on any atom is -0.481 e. The van der Waals surface area contributed by atoms with Crippen LogP contribution in [0.1, 0.15) is 40.0 Å². The van der Waals surface area contributed by atoms with Crippen molar-refractivity contribution in [1.29, 1.82) is 0 Å². The summed E-state index contributed by atoms with van der Waals surface area (Å²) in [5, 5.41) is 9.75. The van der Waals surface area contributed by atoms with Gasteiger partial charge in [-0.25, -0.2) is 4.99 Å². The Morgan fingerprint density at radius 2 is 1.75 bits per heavy atom. The zero-order valence-electron chi connectivity index (χ0n) is 17.9. The van der Waals surface area contributed by atoms with Crippen molar-refractivity contribution in [1.82, 2.24) is 0 Å². The number of fused-ring (bicyclic) bond motifs is 1. The summed E-state index contributed by atoms with van der Waals surface area (Å²) in [6.07, 6.45) is -4.37. The molecule has 0 spiro atoms. The normalized spacial score (nSPS) is 18.4. The maximum Gasteiger partial charge on any atom is 0.573 e. The molecular weight excluding hydrogens is 425 g/mol. The van der Waals surface area contributed by atoms with Crippen molar-refractivity contribution >= 4 is 11.9 Å². The van der Waals surface area contributed by atoms with Gasteiger partial charge >= 0.3 is 12.3 Å². The van der Waals surface area contributed by atoms with Gasteiger partial charge in [-0.3, -0.25) is 14.6 Å². The van der Waals surface area contributed by atoms with Crippen LogP contribution in [0.5, 0.6) is 5.75 Å². The molecule has 0 fully saturated rings. The number of nitrogens with zero attached hydrogens (tertiary/aromatic N) is 2. The van der Waals surface area contributed by atoms with Crippen LogP contribution < -0.4 is 15.5 Å². The van der Waals surface area contributed by atoms with Crippen molar-refractivity contribution in [3.8, 4) is 16.9 Å². The number of benzene rings is 2. The van der Waals surface area contributed by atoms with Crippen LogP contribution in [0, 0.1) is 5.41 Å². The average Bonchev–Trinajstić information content (AvgIpc) is 2.65. The van der Waals surface area contributed by atoms with E-state index < -0.39 is 29.2 Å². The second-order valence-corrected chi connectivity index (χ2v) is 8.67. The maximum absolute atomic E-state index is 13.1. The van der Waals surface area contributed by atoms with Crippen LogP contribution in [0.4, 0.5) is 13.2 Å². The second kappa shape index (κ2) is 8.37. The lowest BCUT2D eigenvalue weighted by Gasteiger charge is -2.39. The van der Waals surface area contributed by atoms with Crippen LogP contribution in [0.3, 0.4) is 0 Å². The number of amides is 1. The molecule has 170 valence electrons. The van der Waals surface area contributed by atoms with Crippen molar-refractivity contribution < 1.29 is 32.6 Å². The van der Waals surface area contributed by atoms with Gasteiger partial charge in [0.25, 0.3) is 5.91 Å². The molecule has 1 atom stereocenters. The van der Waals surface area contributed by atoms with Gasteiger partial charge in [-0.15, -0.1) is 13.2 Å². The molecule has 1 unspecified atom stereocenters. The Hall–Kier alpha value is -3.23. The van der Waals surface area contributed by atoms with E-state index in [1.807, 2.05) is 20.8 Å². The monoisotopic (exact) mass is 448 g/mol. The molecule has 1 aliphatic rings. The number of carboxylic acids is 1. The van der Waals surface area contributed by atoms with Crippen LogP contribution in [-0.2, 0) is 9.59 Å². The van der Waals surface area contributed by atoms with Crippen molar-refractivity contribution in [3.05, 3.63) is 53.2 Å². The van der Waals surface area contributed by atoms with Crippen LogP contribution in [-0.4, -0.2) is 28.9 Å². The Kier molecular flexibility index (Phi) is 6.13. The number of aliphatic carboxylic acids is 1. The fourth-order valence-electron chi connectivity index (χ4n) is 3.74. The smallest absolute Gasteiger partial charge is 0.481 e. The van der Waals surface area contributed by atoms with Gasteiger partial charge in [0, 0.05) is 6.42 Å². The van der Waals surface area contributed by atoms with Gasteiger partial charge < -0.3 is 9.84 Å². The lowest BCUT2D eigenvalue weighted by molar-refractivity contribution is -0.274. The van der Waals surface area contributed by atoms with E-state index in [0.29, 0.717) is 21.8 Å². The first-order valence-corrected chi connectivity index (χ1v) is 10.0. The molecule has 6 nitrogen and oxygen atoms in total. The number of rotatable bonds is 6. The number of halogens is 3. The zero-order chi connectivity index (χ0) is 23.7. The molecule has 1 amide bonds. The second-order valence-electron chi connectivity index (χ2n) is 8.67. The minimum atomic E-state index is -4.80. The van der Waals surface area contributed by atoms with Crippen LogP contribution >= 0.6 is 0 Å². The quantitative estimate of drug-likeness (QED) is 0.722. The summed E-state index contributed by atoms with van der Waals surface area (Å²) >= 11 is 0. The third-order valence-corrected chi connectivity index (χ3v) is 5.43. The molecular formula is C23H23F3N2O4. The summed E-state index contributed by atoms with van der Waals surface area (Å²) in [4.78, 5) is 33.0. The molecule has 1 heterocycles. The average molecular weight is 448 g/mol. The summed E-state index contributed by atoms with van der Waals surface area (Å²) < 4.78 is 41.6. The SMILES string of the molecule is CC(C)(C)C1(CCCC(=O)O)N=c2ccc(-c3cccc(OC(F)(F)F)c3)cc2=NC1=O. The third-order valence-electron chi connectivity index (χ3n) is 5.43. The number of hydrogen-bond acceptors (Lipinski definition) is 4. The molecule has 0 aliphatic carbocycles. The lowest BCUT2D eigenvalue weighted by atomic mass is 9.70. The first-order valence-electron chi connectivity index (χ1n) is 10.0. The minimum absolute atomic E-state index is 0.0806. The van der Waals surface area contributed by atoms with E-state index in [2.05, 4.69) is 9.73 Å². The van der Waals surface area contributed by atoms with E-state index >= 15 is 0 Å². The molecule has 32 heavy (non-hydrogen) atoms. The van der Waals surface area contributed by atoms with Gasteiger partial charge in [0.15, 0.2) is 0 Å². The number of ether oxygens (including phenoxy) is 1. The van der Waals surface area contributed by atoms with Crippen molar-refractivity contribution in [3.63, 3.8) is 0 Å². The molecule has 0 saturated carbocycles. The van der Waals surface area contributed by atoms with E-state index in [0.717, 1.165) is 0 Å². The number of carbonyl (C=O) groups excluding carboxylic acids is 1. The highest BCUT2D eigenvalue weighted by Crippen LogP contribution is 2.39. The number of alkyl halides is 3. The van der Waals surface area contributed by atoms with Crippen LogP contribution in [0.2, 0.25) is 0 Å². The van der Waals surface area contributed by atoms with Gasteiger partial charge in [-0.1, -0.05) is 39.0 Å². The van der Waals surface area contributed by atoms with Gasteiger partial charge in [0.2, 0.25) is 0 Å². The molecule has 0 bridgehead atoms.